The summed E-state index contributed by atoms with van der Waals surface area (Å²) in [7, 11) is 0. The van der Waals surface area contributed by atoms with Crippen molar-refractivity contribution in [1.82, 2.24) is 4.98 Å². The minimum atomic E-state index is -1.03. The Hall–Kier alpha value is -1.66. The number of aryl methyl sites for hydroxylation is 1. The third-order valence-corrected chi connectivity index (χ3v) is 2.11. The predicted octanol–water partition coefficient (Wildman–Crippen LogP) is -0.147. The molecular weight excluding hydrogens is 212 g/mol. The highest BCUT2D eigenvalue weighted by Gasteiger charge is 2.10. The molecule has 0 aromatic carbocycles. The summed E-state index contributed by atoms with van der Waals surface area (Å²) < 4.78 is 0. The molecule has 6 nitrogen and oxygen atoms in total. The van der Waals surface area contributed by atoms with Crippen LogP contribution >= 0.6 is 0 Å². The highest BCUT2D eigenvalue weighted by molar-refractivity contribution is 5.89. The fourth-order valence-corrected chi connectivity index (χ4v) is 1.23. The normalized spacial score (nSPS) is 10.5. The molecule has 0 spiro atoms. The number of aliphatic hydroxyl groups is 2. The lowest BCUT2D eigenvalue weighted by Crippen LogP contribution is -2.28. The molecule has 0 fully saturated rings. The van der Waals surface area contributed by atoms with E-state index in [0.717, 1.165) is 0 Å². The number of carboxylic acid groups (broad SMARTS) is 1. The molecule has 0 bridgehead atoms. The summed E-state index contributed by atoms with van der Waals surface area (Å²) in [5, 5.41) is 29.3. The quantitative estimate of drug-likeness (QED) is 0.557. The lowest BCUT2D eigenvalue weighted by atomic mass is 10.2. The summed E-state index contributed by atoms with van der Waals surface area (Å²) in [6.07, 6.45) is 0. The van der Waals surface area contributed by atoms with Gasteiger partial charge in [-0.3, -0.25) is 0 Å². The van der Waals surface area contributed by atoms with Crippen LogP contribution in [-0.4, -0.2) is 45.5 Å². The number of carbonyl (C=O) groups is 1. The van der Waals surface area contributed by atoms with Crippen LogP contribution in [0.3, 0.4) is 0 Å². The van der Waals surface area contributed by atoms with Crippen LogP contribution in [0.5, 0.6) is 0 Å². The van der Waals surface area contributed by atoms with Crippen LogP contribution in [0.15, 0.2) is 12.1 Å². The van der Waals surface area contributed by atoms with Gasteiger partial charge in [-0.25, -0.2) is 9.78 Å². The van der Waals surface area contributed by atoms with Crippen molar-refractivity contribution >= 4 is 11.8 Å². The topological polar surface area (TPSA) is 103 Å². The van der Waals surface area contributed by atoms with Gasteiger partial charge in [0.25, 0.3) is 0 Å². The van der Waals surface area contributed by atoms with Crippen LogP contribution in [0.2, 0.25) is 0 Å². The molecule has 0 radical (unpaired) electrons. The van der Waals surface area contributed by atoms with Crippen LogP contribution in [0.1, 0.15) is 16.1 Å². The Morgan fingerprint density at radius 1 is 1.44 bits per heavy atom. The van der Waals surface area contributed by atoms with Gasteiger partial charge in [-0.15, -0.1) is 0 Å². The van der Waals surface area contributed by atoms with Crippen LogP contribution in [0, 0.1) is 6.92 Å². The number of hydrogen-bond donors (Lipinski definition) is 4. The number of nitrogens with one attached hydrogen (secondary N) is 1. The maximum atomic E-state index is 10.7. The van der Waals surface area contributed by atoms with E-state index in [0.29, 0.717) is 11.5 Å². The molecule has 1 aromatic heterocycles. The number of carboxylic acids is 1. The molecule has 0 aliphatic heterocycles. The smallest absolute Gasteiger partial charge is 0.337 e. The van der Waals surface area contributed by atoms with Crippen LogP contribution in [0.25, 0.3) is 0 Å². The minimum Gasteiger partial charge on any atom is -0.478 e. The predicted molar refractivity (Wildman–Crippen MR) is 57.5 cm³/mol. The Bertz CT molecular complexity index is 377. The van der Waals surface area contributed by atoms with E-state index < -0.39 is 12.0 Å². The molecule has 6 heteroatoms. The lowest BCUT2D eigenvalue weighted by molar-refractivity contribution is 0.0695. The van der Waals surface area contributed by atoms with Crippen molar-refractivity contribution in [3.63, 3.8) is 0 Å². The average molecular weight is 226 g/mol. The fourth-order valence-electron chi connectivity index (χ4n) is 1.23. The number of aromatic carboxylic acids is 1. The molecule has 16 heavy (non-hydrogen) atoms. The summed E-state index contributed by atoms with van der Waals surface area (Å²) in [6, 6.07) is 2.43. The van der Waals surface area contributed by atoms with Crippen molar-refractivity contribution in [2.75, 3.05) is 18.5 Å². The Kier molecular flexibility index (Phi) is 4.21. The third-order valence-electron chi connectivity index (χ3n) is 2.11. The van der Waals surface area contributed by atoms with E-state index in [-0.39, 0.29) is 18.8 Å². The molecule has 0 saturated heterocycles. The Morgan fingerprint density at radius 3 is 2.50 bits per heavy atom. The largest absolute Gasteiger partial charge is 0.478 e. The summed E-state index contributed by atoms with van der Waals surface area (Å²) in [5.74, 6) is -0.604. The number of anilines is 1. The summed E-state index contributed by atoms with van der Waals surface area (Å²) in [6.45, 7) is 1.14. The Balaban J connectivity index is 2.84. The van der Waals surface area contributed by atoms with Crippen molar-refractivity contribution in [1.29, 1.82) is 0 Å². The maximum Gasteiger partial charge on any atom is 0.337 e. The standard InChI is InChI=1S/C10H14N2O4/c1-6-8(10(15)16)2-3-9(11-6)12-7(4-13)5-14/h2-3,7,13-14H,4-5H2,1H3,(H,11,12)(H,15,16). The van der Waals surface area contributed by atoms with Crippen LogP contribution in [0.4, 0.5) is 5.82 Å². The highest BCUT2D eigenvalue weighted by Crippen LogP contribution is 2.11. The van der Waals surface area contributed by atoms with Gasteiger partial charge in [0.1, 0.15) is 5.82 Å². The van der Waals surface area contributed by atoms with Gasteiger partial charge in [0.05, 0.1) is 30.5 Å². The van der Waals surface area contributed by atoms with E-state index in [1.165, 1.54) is 12.1 Å². The van der Waals surface area contributed by atoms with Gasteiger partial charge < -0.3 is 20.6 Å². The number of hydrogen-bond acceptors (Lipinski definition) is 5. The average Bonchev–Trinajstić information content (AvgIpc) is 2.25. The van der Waals surface area contributed by atoms with Crippen LogP contribution in [-0.2, 0) is 0 Å². The number of aliphatic hydroxyl groups excluding tert-OH is 2. The second-order valence-electron chi connectivity index (χ2n) is 3.34. The highest BCUT2D eigenvalue weighted by atomic mass is 16.4. The number of rotatable bonds is 5. The first-order chi connectivity index (χ1) is 7.58. The fraction of sp³-hybridized carbons (Fsp3) is 0.400. The summed E-state index contributed by atoms with van der Waals surface area (Å²) >= 11 is 0. The zero-order chi connectivity index (χ0) is 12.1. The van der Waals surface area contributed by atoms with Crippen LogP contribution < -0.4 is 5.32 Å². The van der Waals surface area contributed by atoms with Gasteiger partial charge in [-0.05, 0) is 19.1 Å². The molecule has 0 unspecified atom stereocenters. The van der Waals surface area contributed by atoms with Gasteiger partial charge in [-0.1, -0.05) is 0 Å². The molecule has 0 amide bonds. The molecule has 1 rings (SSSR count). The van der Waals surface area contributed by atoms with Crippen molar-refractivity contribution in [2.24, 2.45) is 0 Å². The van der Waals surface area contributed by atoms with Crippen molar-refractivity contribution in [3.05, 3.63) is 23.4 Å². The molecule has 1 aromatic rings. The van der Waals surface area contributed by atoms with E-state index >= 15 is 0 Å². The minimum absolute atomic E-state index is 0.134. The molecule has 0 aliphatic carbocycles. The van der Waals surface area contributed by atoms with Gasteiger partial charge in [0.2, 0.25) is 0 Å². The molecule has 0 saturated carbocycles. The monoisotopic (exact) mass is 226 g/mol. The van der Waals surface area contributed by atoms with Gasteiger partial charge in [-0.2, -0.15) is 0 Å². The molecule has 0 aliphatic rings. The second-order valence-corrected chi connectivity index (χ2v) is 3.34. The summed E-state index contributed by atoms with van der Waals surface area (Å²) in [5.41, 5.74) is 0.516. The van der Waals surface area contributed by atoms with Gasteiger partial charge in [0.15, 0.2) is 0 Å². The third kappa shape index (κ3) is 2.91. The van der Waals surface area contributed by atoms with Gasteiger partial charge >= 0.3 is 5.97 Å². The second kappa shape index (κ2) is 5.43. The molecule has 1 heterocycles. The van der Waals surface area contributed by atoms with Crippen molar-refractivity contribution < 1.29 is 20.1 Å². The van der Waals surface area contributed by atoms with E-state index in [9.17, 15) is 4.79 Å². The first-order valence-electron chi connectivity index (χ1n) is 4.77. The van der Waals surface area contributed by atoms with E-state index in [1.54, 1.807) is 6.92 Å². The number of pyridine rings is 1. The number of nitrogens with zero attached hydrogens (tertiary/aromatic N) is 1. The zero-order valence-electron chi connectivity index (χ0n) is 8.84. The van der Waals surface area contributed by atoms with E-state index in [2.05, 4.69) is 10.3 Å². The molecular formula is C10H14N2O4. The number of aromatic nitrogens is 1. The lowest BCUT2D eigenvalue weighted by Gasteiger charge is -2.14. The Morgan fingerprint density at radius 2 is 2.06 bits per heavy atom. The molecule has 88 valence electrons. The van der Waals surface area contributed by atoms with Crippen molar-refractivity contribution in [2.45, 2.75) is 13.0 Å². The zero-order valence-corrected chi connectivity index (χ0v) is 8.84. The SMILES string of the molecule is Cc1nc(NC(CO)CO)ccc1C(=O)O. The maximum absolute atomic E-state index is 10.7. The molecule has 4 N–H and O–H groups in total. The molecule has 0 atom stereocenters. The van der Waals surface area contributed by atoms with E-state index in [1.807, 2.05) is 0 Å². The first kappa shape index (κ1) is 12.4. The first-order valence-corrected chi connectivity index (χ1v) is 4.77. The van der Waals surface area contributed by atoms with Crippen molar-refractivity contribution in [3.8, 4) is 0 Å². The Labute approximate surface area is 92.6 Å². The van der Waals surface area contributed by atoms with E-state index in [4.69, 9.17) is 15.3 Å². The summed E-state index contributed by atoms with van der Waals surface area (Å²) in [4.78, 5) is 14.7. The van der Waals surface area contributed by atoms with Gasteiger partial charge in [0, 0.05) is 0 Å².